The van der Waals surface area contributed by atoms with Gasteiger partial charge in [0.05, 0.1) is 5.69 Å². The lowest BCUT2D eigenvalue weighted by molar-refractivity contribution is -0.119. The molecule has 0 aromatic heterocycles. The number of halogens is 1. The summed E-state index contributed by atoms with van der Waals surface area (Å²) in [5.74, 6) is -0.399. The van der Waals surface area contributed by atoms with E-state index in [1.165, 1.54) is 10.6 Å². The molecule has 128 valence electrons. The highest BCUT2D eigenvalue weighted by molar-refractivity contribution is 6.40. The Morgan fingerprint density at radius 1 is 1.12 bits per heavy atom. The Morgan fingerprint density at radius 3 is 2.48 bits per heavy atom. The van der Waals surface area contributed by atoms with Crippen molar-refractivity contribution in [2.45, 2.75) is 26.3 Å². The van der Waals surface area contributed by atoms with E-state index < -0.39 is 0 Å². The number of anilines is 1. The predicted molar refractivity (Wildman–Crippen MR) is 98.6 cm³/mol. The van der Waals surface area contributed by atoms with E-state index in [4.69, 9.17) is 11.6 Å². The van der Waals surface area contributed by atoms with Gasteiger partial charge in [0.25, 0.3) is 5.91 Å². The van der Waals surface area contributed by atoms with Gasteiger partial charge in [0.15, 0.2) is 0 Å². The molecule has 3 rings (SSSR count). The number of carbonyl (C=O) groups excluding carboxylic acids is 2. The van der Waals surface area contributed by atoms with Crippen molar-refractivity contribution in [1.82, 2.24) is 5.32 Å². The number of carbonyl (C=O) groups is 2. The summed E-state index contributed by atoms with van der Waals surface area (Å²) in [6.45, 7) is 2.44. The van der Waals surface area contributed by atoms with Gasteiger partial charge in [0.1, 0.15) is 5.71 Å². The summed E-state index contributed by atoms with van der Waals surface area (Å²) in [5, 5.41) is 8.93. The molecule has 0 fully saturated rings. The third kappa shape index (κ3) is 4.25. The third-order valence-electron chi connectivity index (χ3n) is 3.94. The van der Waals surface area contributed by atoms with E-state index in [-0.39, 0.29) is 18.2 Å². The van der Waals surface area contributed by atoms with Crippen molar-refractivity contribution in [1.29, 1.82) is 0 Å². The van der Waals surface area contributed by atoms with Crippen LogP contribution in [-0.2, 0) is 16.1 Å². The first-order chi connectivity index (χ1) is 12.0. The van der Waals surface area contributed by atoms with Crippen LogP contribution in [0, 0.1) is 6.92 Å². The molecular weight excluding hydrogens is 338 g/mol. The quantitative estimate of drug-likeness (QED) is 0.913. The zero-order valence-electron chi connectivity index (χ0n) is 13.8. The molecule has 0 spiro atoms. The van der Waals surface area contributed by atoms with Crippen LogP contribution in [-0.4, -0.2) is 17.5 Å². The first-order valence-corrected chi connectivity index (χ1v) is 8.40. The summed E-state index contributed by atoms with van der Waals surface area (Å²) in [6.07, 6.45) is 0.585. The van der Waals surface area contributed by atoms with Crippen molar-refractivity contribution < 1.29 is 9.59 Å². The maximum atomic E-state index is 12.4. The van der Waals surface area contributed by atoms with Crippen LogP contribution in [0.25, 0.3) is 0 Å². The molecule has 1 aliphatic rings. The number of amides is 2. The standard InChI is InChI=1S/C19H18ClN3O2/c1-13-2-4-14(5-3-13)12-21-19(25)17-10-11-18(24)23(22-17)16-8-6-15(20)7-9-16/h2-9H,10-12H2,1H3,(H,21,25). The fraction of sp³-hybridized carbons (Fsp3) is 0.211. The van der Waals surface area contributed by atoms with E-state index in [1.54, 1.807) is 24.3 Å². The molecule has 2 aromatic carbocycles. The van der Waals surface area contributed by atoms with Crippen molar-refractivity contribution in [3.63, 3.8) is 0 Å². The molecule has 2 aromatic rings. The van der Waals surface area contributed by atoms with Gasteiger partial charge in [-0.25, -0.2) is 5.01 Å². The fourth-order valence-electron chi connectivity index (χ4n) is 2.49. The Balaban J connectivity index is 1.70. The average Bonchev–Trinajstić information content (AvgIpc) is 2.62. The lowest BCUT2D eigenvalue weighted by Crippen LogP contribution is -2.38. The van der Waals surface area contributed by atoms with E-state index in [2.05, 4.69) is 10.4 Å². The summed E-state index contributed by atoms with van der Waals surface area (Å²) in [7, 11) is 0. The van der Waals surface area contributed by atoms with Gasteiger partial charge in [-0.15, -0.1) is 0 Å². The second kappa shape index (κ2) is 7.49. The number of benzene rings is 2. The Labute approximate surface area is 151 Å². The molecule has 0 saturated heterocycles. The highest BCUT2D eigenvalue weighted by atomic mass is 35.5. The lowest BCUT2D eigenvalue weighted by Gasteiger charge is -2.23. The van der Waals surface area contributed by atoms with Gasteiger partial charge in [-0.2, -0.15) is 5.10 Å². The van der Waals surface area contributed by atoms with Crippen LogP contribution in [0.3, 0.4) is 0 Å². The minimum Gasteiger partial charge on any atom is -0.347 e. The molecule has 0 unspecified atom stereocenters. The Morgan fingerprint density at radius 2 is 1.80 bits per heavy atom. The van der Waals surface area contributed by atoms with E-state index in [0.29, 0.717) is 29.4 Å². The molecule has 5 nitrogen and oxygen atoms in total. The number of aryl methyl sites for hydroxylation is 1. The van der Waals surface area contributed by atoms with E-state index >= 15 is 0 Å². The van der Waals surface area contributed by atoms with Crippen LogP contribution in [0.4, 0.5) is 5.69 Å². The van der Waals surface area contributed by atoms with E-state index in [1.807, 2.05) is 31.2 Å². The van der Waals surface area contributed by atoms with Gasteiger partial charge in [-0.05, 0) is 36.8 Å². The van der Waals surface area contributed by atoms with Gasteiger partial charge < -0.3 is 5.32 Å². The molecule has 1 aliphatic heterocycles. The summed E-state index contributed by atoms with van der Waals surface area (Å²) < 4.78 is 0. The molecule has 2 amide bonds. The molecule has 0 saturated carbocycles. The highest BCUT2D eigenvalue weighted by Crippen LogP contribution is 2.22. The highest BCUT2D eigenvalue weighted by Gasteiger charge is 2.25. The molecule has 0 aliphatic carbocycles. The summed E-state index contributed by atoms with van der Waals surface area (Å²) >= 11 is 5.87. The van der Waals surface area contributed by atoms with E-state index in [0.717, 1.165) is 5.56 Å². The zero-order chi connectivity index (χ0) is 17.8. The van der Waals surface area contributed by atoms with Crippen molar-refractivity contribution >= 4 is 34.8 Å². The van der Waals surface area contributed by atoms with Crippen LogP contribution in [0.15, 0.2) is 53.6 Å². The first kappa shape index (κ1) is 17.2. The number of hydrazone groups is 1. The number of nitrogens with one attached hydrogen (secondary N) is 1. The summed E-state index contributed by atoms with van der Waals surface area (Å²) in [5.41, 5.74) is 3.13. The summed E-state index contributed by atoms with van der Waals surface area (Å²) in [4.78, 5) is 24.5. The van der Waals surface area contributed by atoms with E-state index in [9.17, 15) is 9.59 Å². The second-order valence-electron chi connectivity index (χ2n) is 5.90. The van der Waals surface area contributed by atoms with Gasteiger partial charge in [-0.3, -0.25) is 9.59 Å². The third-order valence-corrected chi connectivity index (χ3v) is 4.19. The maximum Gasteiger partial charge on any atom is 0.267 e. The molecule has 0 bridgehead atoms. The molecule has 1 N–H and O–H groups in total. The fourth-order valence-corrected chi connectivity index (χ4v) is 2.62. The topological polar surface area (TPSA) is 61.8 Å². The Bertz CT molecular complexity index is 814. The average molecular weight is 356 g/mol. The molecule has 25 heavy (non-hydrogen) atoms. The Hall–Kier alpha value is -2.66. The van der Waals surface area contributed by atoms with Crippen molar-refractivity contribution in [3.05, 3.63) is 64.7 Å². The summed E-state index contributed by atoms with van der Waals surface area (Å²) in [6, 6.07) is 14.7. The zero-order valence-corrected chi connectivity index (χ0v) is 14.6. The lowest BCUT2D eigenvalue weighted by atomic mass is 10.1. The SMILES string of the molecule is Cc1ccc(CNC(=O)C2=NN(c3ccc(Cl)cc3)C(=O)CC2)cc1. The smallest absolute Gasteiger partial charge is 0.267 e. The molecule has 6 heteroatoms. The maximum absolute atomic E-state index is 12.4. The molecule has 0 atom stereocenters. The van der Waals surface area contributed by atoms with Gasteiger partial charge in [-0.1, -0.05) is 41.4 Å². The number of hydrogen-bond donors (Lipinski definition) is 1. The van der Waals surface area contributed by atoms with Gasteiger partial charge >= 0.3 is 0 Å². The normalized spacial score (nSPS) is 14.2. The number of rotatable bonds is 4. The minimum atomic E-state index is -0.257. The molecule has 1 heterocycles. The largest absolute Gasteiger partial charge is 0.347 e. The monoisotopic (exact) mass is 355 g/mol. The van der Waals surface area contributed by atoms with Gasteiger partial charge in [0, 0.05) is 24.4 Å². The van der Waals surface area contributed by atoms with Crippen LogP contribution < -0.4 is 10.3 Å². The van der Waals surface area contributed by atoms with Crippen LogP contribution in [0.1, 0.15) is 24.0 Å². The molecule has 0 radical (unpaired) electrons. The van der Waals surface area contributed by atoms with Crippen molar-refractivity contribution in [2.75, 3.05) is 5.01 Å². The van der Waals surface area contributed by atoms with Crippen LogP contribution in [0.2, 0.25) is 5.02 Å². The van der Waals surface area contributed by atoms with Crippen LogP contribution in [0.5, 0.6) is 0 Å². The van der Waals surface area contributed by atoms with Crippen LogP contribution >= 0.6 is 11.6 Å². The minimum absolute atomic E-state index is 0.141. The Kier molecular flexibility index (Phi) is 5.14. The van der Waals surface area contributed by atoms with Crippen molar-refractivity contribution in [3.8, 4) is 0 Å². The first-order valence-electron chi connectivity index (χ1n) is 8.02. The predicted octanol–water partition coefficient (Wildman–Crippen LogP) is 3.45. The van der Waals surface area contributed by atoms with Gasteiger partial charge in [0.2, 0.25) is 5.91 Å². The molecular formula is C19H18ClN3O2. The number of nitrogens with zero attached hydrogens (tertiary/aromatic N) is 2. The van der Waals surface area contributed by atoms with Crippen molar-refractivity contribution in [2.24, 2.45) is 5.10 Å². The second-order valence-corrected chi connectivity index (χ2v) is 6.33. The number of hydrogen-bond acceptors (Lipinski definition) is 3.